The van der Waals surface area contributed by atoms with Crippen LogP contribution in [0.1, 0.15) is 28.2 Å². The van der Waals surface area contributed by atoms with Crippen molar-refractivity contribution in [2.75, 3.05) is 25.2 Å². The van der Waals surface area contributed by atoms with E-state index in [1.165, 1.54) is 11.9 Å². The predicted octanol–water partition coefficient (Wildman–Crippen LogP) is 1.94. The predicted molar refractivity (Wildman–Crippen MR) is 108 cm³/mol. The highest BCUT2D eigenvalue weighted by atomic mass is 35.5. The molecule has 1 fully saturated rings. The number of likely N-dealkylation sites (N-methyl/N-ethyl adjacent to an activating group) is 1. The molecule has 1 atom stereocenters. The van der Waals surface area contributed by atoms with E-state index in [0.29, 0.717) is 22.7 Å². The molecule has 1 saturated heterocycles. The van der Waals surface area contributed by atoms with E-state index in [-0.39, 0.29) is 17.5 Å². The molecular weight excluding hydrogens is 418 g/mol. The lowest BCUT2D eigenvalue weighted by Gasteiger charge is -2.23. The van der Waals surface area contributed by atoms with Gasteiger partial charge in [0, 0.05) is 13.1 Å². The molecule has 2 heterocycles. The van der Waals surface area contributed by atoms with Crippen LogP contribution in [0.3, 0.4) is 0 Å². The van der Waals surface area contributed by atoms with Crippen LogP contribution in [0.2, 0.25) is 5.02 Å². The Bertz CT molecular complexity index is 1050. The second-order valence-electron chi connectivity index (χ2n) is 7.08. The zero-order valence-corrected chi connectivity index (χ0v) is 18.0. The Balaban J connectivity index is 1.59. The summed E-state index contributed by atoms with van der Waals surface area (Å²) in [6.07, 6.45) is 0.399. The summed E-state index contributed by atoms with van der Waals surface area (Å²) in [5, 5.41) is 4.95. The number of aromatic nitrogens is 2. The third-order valence-corrected chi connectivity index (χ3v) is 7.32. The molecule has 0 aliphatic carbocycles. The van der Waals surface area contributed by atoms with E-state index in [1.807, 2.05) is 13.8 Å². The Labute approximate surface area is 174 Å². The molecule has 29 heavy (non-hydrogen) atoms. The summed E-state index contributed by atoms with van der Waals surface area (Å²) < 4.78 is 29.9. The van der Waals surface area contributed by atoms with Gasteiger partial charge in [0.25, 0.3) is 5.91 Å². The van der Waals surface area contributed by atoms with E-state index in [0.717, 1.165) is 11.4 Å². The number of hydrogen-bond acceptors (Lipinski definition) is 6. The van der Waals surface area contributed by atoms with Gasteiger partial charge in [-0.25, -0.2) is 17.9 Å². The number of aryl methyl sites for hydroxylation is 1. The second-order valence-corrected chi connectivity index (χ2v) is 9.69. The fraction of sp³-hybridized carbons (Fsp3) is 0.421. The van der Waals surface area contributed by atoms with Gasteiger partial charge < -0.3 is 9.64 Å². The van der Waals surface area contributed by atoms with Crippen molar-refractivity contribution < 1.29 is 22.7 Å². The molecule has 1 aromatic heterocycles. The van der Waals surface area contributed by atoms with E-state index in [1.54, 1.807) is 28.9 Å². The number of amides is 1. The molecule has 1 aromatic carbocycles. The normalized spacial score (nSPS) is 17.9. The third-order valence-electron chi connectivity index (χ3n) is 5.03. The number of sulfone groups is 1. The smallest absolute Gasteiger partial charge is 0.338 e. The van der Waals surface area contributed by atoms with E-state index in [4.69, 9.17) is 16.3 Å². The maximum absolute atomic E-state index is 12.2. The number of nitrogens with zero attached hydrogens (tertiary/aromatic N) is 3. The highest BCUT2D eigenvalue weighted by Gasteiger charge is 2.33. The SMILES string of the molecule is Cc1nn(-c2ccc(C(=O)OCC(=O)N(C)C3CCS(=O)(=O)C3)cc2)c(C)c1Cl. The average Bonchev–Trinajstić information content (AvgIpc) is 3.19. The van der Waals surface area contributed by atoms with Crippen LogP contribution >= 0.6 is 11.6 Å². The van der Waals surface area contributed by atoms with Crippen LogP contribution in [0.15, 0.2) is 24.3 Å². The monoisotopic (exact) mass is 439 g/mol. The minimum atomic E-state index is -3.10. The quantitative estimate of drug-likeness (QED) is 0.660. The van der Waals surface area contributed by atoms with Crippen molar-refractivity contribution in [2.24, 2.45) is 0 Å². The molecule has 1 amide bonds. The zero-order valence-electron chi connectivity index (χ0n) is 16.4. The van der Waals surface area contributed by atoms with Gasteiger partial charge in [-0.1, -0.05) is 11.6 Å². The molecule has 10 heteroatoms. The van der Waals surface area contributed by atoms with E-state index in [9.17, 15) is 18.0 Å². The molecule has 1 unspecified atom stereocenters. The first kappa shape index (κ1) is 21.3. The molecule has 0 radical (unpaired) electrons. The highest BCUT2D eigenvalue weighted by molar-refractivity contribution is 7.91. The van der Waals surface area contributed by atoms with Gasteiger partial charge in [-0.15, -0.1) is 0 Å². The molecule has 0 bridgehead atoms. The average molecular weight is 440 g/mol. The maximum Gasteiger partial charge on any atom is 0.338 e. The lowest BCUT2D eigenvalue weighted by Crippen LogP contribution is -2.40. The molecule has 2 aromatic rings. The maximum atomic E-state index is 12.2. The topological polar surface area (TPSA) is 98.6 Å². The van der Waals surface area contributed by atoms with Crippen LogP contribution < -0.4 is 0 Å². The number of benzene rings is 1. The number of hydrogen-bond donors (Lipinski definition) is 0. The summed E-state index contributed by atoms with van der Waals surface area (Å²) in [6, 6.07) is 6.21. The van der Waals surface area contributed by atoms with Gasteiger partial charge in [-0.3, -0.25) is 4.79 Å². The first-order valence-corrected chi connectivity index (χ1v) is 11.2. The second kappa shape index (κ2) is 8.16. The fourth-order valence-corrected chi connectivity index (χ4v) is 5.10. The Hall–Kier alpha value is -2.39. The Morgan fingerprint density at radius 3 is 2.45 bits per heavy atom. The Morgan fingerprint density at radius 1 is 1.28 bits per heavy atom. The zero-order chi connectivity index (χ0) is 21.3. The molecule has 1 aliphatic rings. The molecule has 8 nitrogen and oxygen atoms in total. The van der Waals surface area contributed by atoms with Crippen LogP contribution in [0.5, 0.6) is 0 Å². The number of esters is 1. The summed E-state index contributed by atoms with van der Waals surface area (Å²) in [4.78, 5) is 25.8. The first-order chi connectivity index (χ1) is 13.6. The summed E-state index contributed by atoms with van der Waals surface area (Å²) in [7, 11) is -1.57. The van der Waals surface area contributed by atoms with E-state index >= 15 is 0 Å². The van der Waals surface area contributed by atoms with Gasteiger partial charge in [-0.2, -0.15) is 5.10 Å². The largest absolute Gasteiger partial charge is 0.452 e. The van der Waals surface area contributed by atoms with Crippen molar-refractivity contribution in [1.82, 2.24) is 14.7 Å². The van der Waals surface area contributed by atoms with Gasteiger partial charge in [0.1, 0.15) is 0 Å². The van der Waals surface area contributed by atoms with Crippen molar-refractivity contribution in [1.29, 1.82) is 0 Å². The number of carbonyl (C=O) groups is 2. The standard InChI is InChI=1S/C19H22ClN3O5S/c1-12-18(20)13(2)23(21-12)15-6-4-14(5-7-15)19(25)28-10-17(24)22(3)16-8-9-29(26,27)11-16/h4-7,16H,8-11H2,1-3H3. The number of halogens is 1. The van der Waals surface area contributed by atoms with Crippen molar-refractivity contribution in [2.45, 2.75) is 26.3 Å². The summed E-state index contributed by atoms with van der Waals surface area (Å²) >= 11 is 6.16. The van der Waals surface area contributed by atoms with Crippen LogP contribution in [-0.4, -0.2) is 66.2 Å². The van der Waals surface area contributed by atoms with Gasteiger partial charge >= 0.3 is 5.97 Å². The molecule has 0 spiro atoms. The molecule has 0 saturated carbocycles. The summed E-state index contributed by atoms with van der Waals surface area (Å²) in [5.74, 6) is -1.05. The summed E-state index contributed by atoms with van der Waals surface area (Å²) in [5.41, 5.74) is 2.54. The van der Waals surface area contributed by atoms with Crippen LogP contribution in [-0.2, 0) is 19.4 Å². The van der Waals surface area contributed by atoms with Gasteiger partial charge in [-0.05, 0) is 44.5 Å². The first-order valence-electron chi connectivity index (χ1n) is 9.04. The fourth-order valence-electron chi connectivity index (χ4n) is 3.21. The van der Waals surface area contributed by atoms with Gasteiger partial charge in [0.05, 0.1) is 39.2 Å². The van der Waals surface area contributed by atoms with Gasteiger partial charge in [0.2, 0.25) is 0 Å². The lowest BCUT2D eigenvalue weighted by molar-refractivity contribution is -0.134. The molecule has 0 N–H and O–H groups in total. The van der Waals surface area contributed by atoms with Crippen molar-refractivity contribution in [3.63, 3.8) is 0 Å². The third kappa shape index (κ3) is 4.62. The van der Waals surface area contributed by atoms with E-state index in [2.05, 4.69) is 5.10 Å². The summed E-state index contributed by atoms with van der Waals surface area (Å²) in [6.45, 7) is 3.22. The molecule has 1 aliphatic heterocycles. The van der Waals surface area contributed by atoms with Crippen LogP contribution in [0, 0.1) is 13.8 Å². The number of carbonyl (C=O) groups excluding carboxylic acids is 2. The number of rotatable bonds is 5. The Morgan fingerprint density at radius 2 is 1.93 bits per heavy atom. The molecule has 3 rings (SSSR count). The number of ether oxygens (including phenoxy) is 1. The van der Waals surface area contributed by atoms with Crippen molar-refractivity contribution in [3.05, 3.63) is 46.2 Å². The highest BCUT2D eigenvalue weighted by Crippen LogP contribution is 2.22. The lowest BCUT2D eigenvalue weighted by atomic mass is 10.2. The minimum absolute atomic E-state index is 0.0546. The minimum Gasteiger partial charge on any atom is -0.452 e. The van der Waals surface area contributed by atoms with Crippen molar-refractivity contribution >= 4 is 33.3 Å². The van der Waals surface area contributed by atoms with Crippen LogP contribution in [0.4, 0.5) is 0 Å². The van der Waals surface area contributed by atoms with Crippen LogP contribution in [0.25, 0.3) is 5.69 Å². The molecule has 156 valence electrons. The Kier molecular flexibility index (Phi) is 6.00. The van der Waals surface area contributed by atoms with Crippen molar-refractivity contribution in [3.8, 4) is 5.69 Å². The van der Waals surface area contributed by atoms with E-state index < -0.39 is 28.3 Å². The van der Waals surface area contributed by atoms with Gasteiger partial charge in [0.15, 0.2) is 16.4 Å². The molecular formula is C19H22ClN3O5S.